The molecule has 4 nitrogen and oxygen atoms in total. The standard InChI is InChI=1S/C14H23N3O/c1-2-10-4-3-5-12(6-10)14-16-13(18-17-14)7-11-8-15-9-11/h10-12,15H,2-9H2,1H3. The fourth-order valence-electron chi connectivity index (χ4n) is 3.15. The lowest BCUT2D eigenvalue weighted by Crippen LogP contribution is -2.43. The molecule has 18 heavy (non-hydrogen) atoms. The summed E-state index contributed by atoms with van der Waals surface area (Å²) in [6, 6.07) is 0. The van der Waals surface area contributed by atoms with Crippen LogP contribution in [0, 0.1) is 11.8 Å². The molecule has 1 aliphatic heterocycles. The maximum absolute atomic E-state index is 5.40. The Morgan fingerprint density at radius 1 is 1.28 bits per heavy atom. The molecule has 2 heterocycles. The van der Waals surface area contributed by atoms with E-state index < -0.39 is 0 Å². The summed E-state index contributed by atoms with van der Waals surface area (Å²) >= 11 is 0. The van der Waals surface area contributed by atoms with Crippen molar-refractivity contribution in [2.45, 2.75) is 51.4 Å². The van der Waals surface area contributed by atoms with Crippen molar-refractivity contribution in [3.63, 3.8) is 0 Å². The van der Waals surface area contributed by atoms with E-state index in [9.17, 15) is 0 Å². The van der Waals surface area contributed by atoms with Crippen LogP contribution in [0.3, 0.4) is 0 Å². The normalized spacial score (nSPS) is 29.2. The number of nitrogens with zero attached hydrogens (tertiary/aromatic N) is 2. The van der Waals surface area contributed by atoms with Crippen molar-refractivity contribution in [3.8, 4) is 0 Å². The molecule has 1 aromatic rings. The summed E-state index contributed by atoms with van der Waals surface area (Å²) < 4.78 is 5.40. The zero-order valence-corrected chi connectivity index (χ0v) is 11.2. The molecular weight excluding hydrogens is 226 g/mol. The average Bonchev–Trinajstić information content (AvgIpc) is 2.83. The van der Waals surface area contributed by atoms with E-state index in [0.29, 0.717) is 11.8 Å². The van der Waals surface area contributed by atoms with Gasteiger partial charge in [-0.15, -0.1) is 0 Å². The number of nitrogens with one attached hydrogen (secondary N) is 1. The van der Waals surface area contributed by atoms with Gasteiger partial charge in [-0.25, -0.2) is 0 Å². The molecule has 1 aromatic heterocycles. The van der Waals surface area contributed by atoms with Gasteiger partial charge in [0.25, 0.3) is 0 Å². The van der Waals surface area contributed by atoms with E-state index in [1.807, 2.05) is 0 Å². The van der Waals surface area contributed by atoms with Crippen molar-refractivity contribution in [2.24, 2.45) is 11.8 Å². The SMILES string of the molecule is CCC1CCCC(c2noc(CC3CNC3)n2)C1. The van der Waals surface area contributed by atoms with Gasteiger partial charge in [0.1, 0.15) is 0 Å². The van der Waals surface area contributed by atoms with Gasteiger partial charge >= 0.3 is 0 Å². The van der Waals surface area contributed by atoms with Gasteiger partial charge in [0.05, 0.1) is 0 Å². The summed E-state index contributed by atoms with van der Waals surface area (Å²) in [6.07, 6.45) is 7.42. The van der Waals surface area contributed by atoms with Crippen LogP contribution in [0.2, 0.25) is 0 Å². The Morgan fingerprint density at radius 2 is 2.17 bits per heavy atom. The molecule has 1 N–H and O–H groups in total. The molecule has 2 fully saturated rings. The van der Waals surface area contributed by atoms with E-state index in [1.54, 1.807) is 0 Å². The van der Waals surface area contributed by atoms with Crippen LogP contribution in [-0.2, 0) is 6.42 Å². The van der Waals surface area contributed by atoms with Crippen LogP contribution in [0.5, 0.6) is 0 Å². The van der Waals surface area contributed by atoms with Crippen LogP contribution < -0.4 is 5.32 Å². The highest BCUT2D eigenvalue weighted by molar-refractivity contribution is 4.99. The monoisotopic (exact) mass is 249 g/mol. The molecule has 4 heteroatoms. The molecule has 3 rings (SSSR count). The van der Waals surface area contributed by atoms with E-state index in [-0.39, 0.29) is 0 Å². The fourth-order valence-corrected chi connectivity index (χ4v) is 3.15. The van der Waals surface area contributed by atoms with E-state index in [0.717, 1.165) is 37.1 Å². The van der Waals surface area contributed by atoms with Crippen molar-refractivity contribution in [2.75, 3.05) is 13.1 Å². The fraction of sp³-hybridized carbons (Fsp3) is 0.857. The molecule has 1 saturated carbocycles. The van der Waals surface area contributed by atoms with Gasteiger partial charge in [-0.05, 0) is 37.8 Å². The Morgan fingerprint density at radius 3 is 2.89 bits per heavy atom. The topological polar surface area (TPSA) is 51.0 Å². The third-order valence-corrected chi connectivity index (χ3v) is 4.54. The maximum atomic E-state index is 5.40. The molecule has 1 saturated heterocycles. The van der Waals surface area contributed by atoms with Crippen LogP contribution in [0.25, 0.3) is 0 Å². The van der Waals surface area contributed by atoms with E-state index in [4.69, 9.17) is 4.52 Å². The lowest BCUT2D eigenvalue weighted by molar-refractivity contribution is 0.286. The Bertz CT molecular complexity index is 386. The van der Waals surface area contributed by atoms with Gasteiger partial charge in [-0.3, -0.25) is 0 Å². The molecule has 2 aliphatic rings. The number of aromatic nitrogens is 2. The molecular formula is C14H23N3O. The molecule has 2 atom stereocenters. The molecule has 0 amide bonds. The molecule has 100 valence electrons. The summed E-state index contributed by atoms with van der Waals surface area (Å²) in [6.45, 7) is 4.48. The first-order valence-electron chi connectivity index (χ1n) is 7.38. The van der Waals surface area contributed by atoms with Crippen LogP contribution in [-0.4, -0.2) is 23.2 Å². The van der Waals surface area contributed by atoms with Crippen molar-refractivity contribution in [1.29, 1.82) is 0 Å². The quantitative estimate of drug-likeness (QED) is 0.891. The first-order chi connectivity index (χ1) is 8.85. The molecule has 0 aromatic carbocycles. The Hall–Kier alpha value is -0.900. The first-order valence-corrected chi connectivity index (χ1v) is 7.38. The summed E-state index contributed by atoms with van der Waals surface area (Å²) in [4.78, 5) is 4.62. The van der Waals surface area contributed by atoms with Crippen molar-refractivity contribution in [3.05, 3.63) is 11.7 Å². The predicted molar refractivity (Wildman–Crippen MR) is 69.4 cm³/mol. The Kier molecular flexibility index (Phi) is 3.64. The van der Waals surface area contributed by atoms with Gasteiger partial charge in [0, 0.05) is 12.3 Å². The summed E-state index contributed by atoms with van der Waals surface area (Å²) in [5.41, 5.74) is 0. The third-order valence-electron chi connectivity index (χ3n) is 4.54. The van der Waals surface area contributed by atoms with E-state index >= 15 is 0 Å². The molecule has 0 bridgehead atoms. The van der Waals surface area contributed by atoms with Gasteiger partial charge in [0.2, 0.25) is 5.89 Å². The highest BCUT2D eigenvalue weighted by Crippen LogP contribution is 2.36. The highest BCUT2D eigenvalue weighted by Gasteiger charge is 2.27. The van der Waals surface area contributed by atoms with Crippen LogP contribution in [0.15, 0.2) is 4.52 Å². The minimum atomic E-state index is 0.542. The number of hydrogen-bond donors (Lipinski definition) is 1. The second-order valence-corrected chi connectivity index (χ2v) is 5.91. The number of hydrogen-bond acceptors (Lipinski definition) is 4. The van der Waals surface area contributed by atoms with Gasteiger partial charge in [-0.2, -0.15) is 4.98 Å². The van der Waals surface area contributed by atoms with Crippen molar-refractivity contribution in [1.82, 2.24) is 15.5 Å². The minimum absolute atomic E-state index is 0.542. The molecule has 0 spiro atoms. The van der Waals surface area contributed by atoms with E-state index in [1.165, 1.54) is 32.1 Å². The second kappa shape index (κ2) is 5.39. The molecule has 1 aliphatic carbocycles. The molecule has 0 radical (unpaired) electrons. The van der Waals surface area contributed by atoms with Gasteiger partial charge < -0.3 is 9.84 Å². The third kappa shape index (κ3) is 2.58. The minimum Gasteiger partial charge on any atom is -0.339 e. The zero-order valence-electron chi connectivity index (χ0n) is 11.2. The molecule has 2 unspecified atom stereocenters. The summed E-state index contributed by atoms with van der Waals surface area (Å²) in [5, 5.41) is 7.49. The second-order valence-electron chi connectivity index (χ2n) is 5.91. The zero-order chi connectivity index (χ0) is 12.4. The van der Waals surface area contributed by atoms with Gasteiger partial charge in [0.15, 0.2) is 5.82 Å². The van der Waals surface area contributed by atoms with E-state index in [2.05, 4.69) is 22.4 Å². The van der Waals surface area contributed by atoms with Gasteiger partial charge in [-0.1, -0.05) is 31.3 Å². The average molecular weight is 249 g/mol. The Balaban J connectivity index is 1.61. The summed E-state index contributed by atoms with van der Waals surface area (Å²) in [7, 11) is 0. The lowest BCUT2D eigenvalue weighted by atomic mass is 9.80. The first kappa shape index (κ1) is 12.2. The van der Waals surface area contributed by atoms with Crippen molar-refractivity contribution >= 4 is 0 Å². The number of rotatable bonds is 4. The summed E-state index contributed by atoms with van der Waals surface area (Å²) in [5.74, 6) is 3.92. The highest BCUT2D eigenvalue weighted by atomic mass is 16.5. The van der Waals surface area contributed by atoms with Crippen LogP contribution in [0.4, 0.5) is 0 Å². The van der Waals surface area contributed by atoms with Crippen LogP contribution >= 0.6 is 0 Å². The van der Waals surface area contributed by atoms with Crippen LogP contribution in [0.1, 0.15) is 56.7 Å². The largest absolute Gasteiger partial charge is 0.339 e. The maximum Gasteiger partial charge on any atom is 0.227 e. The smallest absolute Gasteiger partial charge is 0.227 e. The van der Waals surface area contributed by atoms with Crippen molar-refractivity contribution < 1.29 is 4.52 Å². The predicted octanol–water partition coefficient (Wildman–Crippen LogP) is 2.52. The lowest BCUT2D eigenvalue weighted by Gasteiger charge is -2.26. The Labute approximate surface area is 109 Å².